The lowest BCUT2D eigenvalue weighted by atomic mass is 10.1. The normalized spacial score (nSPS) is 16.9. The zero-order valence-electron chi connectivity index (χ0n) is 13.7. The second kappa shape index (κ2) is 7.75. The van der Waals surface area contributed by atoms with Crippen molar-refractivity contribution in [3.63, 3.8) is 0 Å². The van der Waals surface area contributed by atoms with Gasteiger partial charge in [0.15, 0.2) is 0 Å². The first-order valence-corrected chi connectivity index (χ1v) is 9.43. The monoisotopic (exact) mass is 336 g/mol. The molecule has 1 aliphatic rings. The fourth-order valence-electron chi connectivity index (χ4n) is 2.66. The third-order valence-electron chi connectivity index (χ3n) is 3.96. The largest absolute Gasteiger partial charge is 0.337 e. The fraction of sp³-hybridized carbons (Fsp3) is 0.471. The van der Waals surface area contributed by atoms with E-state index in [1.807, 2.05) is 12.1 Å². The maximum atomic E-state index is 12.7. The van der Waals surface area contributed by atoms with Crippen molar-refractivity contribution in [2.24, 2.45) is 0 Å². The van der Waals surface area contributed by atoms with Gasteiger partial charge in [0.1, 0.15) is 0 Å². The topological polar surface area (TPSA) is 57.7 Å². The van der Waals surface area contributed by atoms with Gasteiger partial charge in [0.2, 0.25) is 15.9 Å². The van der Waals surface area contributed by atoms with E-state index in [4.69, 9.17) is 0 Å². The van der Waals surface area contributed by atoms with Crippen LogP contribution in [-0.4, -0.2) is 49.7 Å². The minimum Gasteiger partial charge on any atom is -0.337 e. The van der Waals surface area contributed by atoms with E-state index in [9.17, 15) is 13.2 Å². The molecule has 5 nitrogen and oxygen atoms in total. The molecule has 2 rings (SSSR count). The SMILES string of the molecule is C/C=C/C(=O)N1CCN(S(=O)(=O)c2ccc(CCC)cc2)CC1. The summed E-state index contributed by atoms with van der Waals surface area (Å²) in [5.74, 6) is -0.0616. The highest BCUT2D eigenvalue weighted by Crippen LogP contribution is 2.19. The summed E-state index contributed by atoms with van der Waals surface area (Å²) >= 11 is 0. The van der Waals surface area contributed by atoms with Crippen LogP contribution in [0.4, 0.5) is 0 Å². The molecular formula is C17H24N2O3S. The second-order valence-electron chi connectivity index (χ2n) is 5.62. The number of piperazine rings is 1. The van der Waals surface area contributed by atoms with Crippen molar-refractivity contribution in [3.8, 4) is 0 Å². The van der Waals surface area contributed by atoms with Crippen LogP contribution in [0.25, 0.3) is 0 Å². The number of nitrogens with zero attached hydrogens (tertiary/aromatic N) is 2. The Morgan fingerprint density at radius 3 is 2.26 bits per heavy atom. The van der Waals surface area contributed by atoms with Crippen molar-refractivity contribution in [3.05, 3.63) is 42.0 Å². The van der Waals surface area contributed by atoms with Crippen LogP contribution in [0, 0.1) is 0 Å². The molecule has 1 aliphatic heterocycles. The Hall–Kier alpha value is -1.66. The van der Waals surface area contributed by atoms with Gasteiger partial charge in [0, 0.05) is 26.2 Å². The molecule has 23 heavy (non-hydrogen) atoms. The number of benzene rings is 1. The number of carbonyl (C=O) groups excluding carboxylic acids is 1. The quantitative estimate of drug-likeness (QED) is 0.773. The highest BCUT2D eigenvalue weighted by Gasteiger charge is 2.29. The Morgan fingerprint density at radius 1 is 1.13 bits per heavy atom. The molecule has 6 heteroatoms. The molecule has 1 aromatic carbocycles. The van der Waals surface area contributed by atoms with E-state index < -0.39 is 10.0 Å². The Morgan fingerprint density at radius 2 is 1.74 bits per heavy atom. The summed E-state index contributed by atoms with van der Waals surface area (Å²) in [7, 11) is -3.48. The third-order valence-corrected chi connectivity index (χ3v) is 5.87. The Bertz CT molecular complexity index is 658. The average Bonchev–Trinajstić information content (AvgIpc) is 2.56. The van der Waals surface area contributed by atoms with Gasteiger partial charge in [-0.15, -0.1) is 0 Å². The van der Waals surface area contributed by atoms with E-state index in [0.29, 0.717) is 31.1 Å². The Labute approximate surface area is 138 Å². The van der Waals surface area contributed by atoms with E-state index >= 15 is 0 Å². The lowest BCUT2D eigenvalue weighted by molar-refractivity contribution is -0.127. The minimum atomic E-state index is -3.48. The molecule has 0 unspecified atom stereocenters. The van der Waals surface area contributed by atoms with Crippen molar-refractivity contribution in [2.75, 3.05) is 26.2 Å². The van der Waals surface area contributed by atoms with Gasteiger partial charge < -0.3 is 4.90 Å². The molecular weight excluding hydrogens is 312 g/mol. The van der Waals surface area contributed by atoms with Gasteiger partial charge in [-0.2, -0.15) is 4.31 Å². The fourth-order valence-corrected chi connectivity index (χ4v) is 4.08. The molecule has 1 saturated heterocycles. The minimum absolute atomic E-state index is 0.0616. The predicted octanol–water partition coefficient (Wildman–Crippen LogP) is 2.05. The first-order valence-electron chi connectivity index (χ1n) is 7.99. The van der Waals surface area contributed by atoms with Gasteiger partial charge in [-0.1, -0.05) is 31.6 Å². The molecule has 1 aromatic rings. The number of sulfonamides is 1. The summed E-state index contributed by atoms with van der Waals surface area (Å²) in [6.07, 6.45) is 5.19. The molecule has 0 aliphatic carbocycles. The molecule has 0 N–H and O–H groups in total. The maximum absolute atomic E-state index is 12.7. The number of hydrogen-bond donors (Lipinski definition) is 0. The van der Waals surface area contributed by atoms with Crippen LogP contribution in [0.2, 0.25) is 0 Å². The maximum Gasteiger partial charge on any atom is 0.246 e. The van der Waals surface area contributed by atoms with Crippen LogP contribution >= 0.6 is 0 Å². The first-order chi connectivity index (χ1) is 11.0. The molecule has 0 saturated carbocycles. The summed E-state index contributed by atoms with van der Waals surface area (Å²) in [6.45, 7) is 5.41. The van der Waals surface area contributed by atoms with Crippen molar-refractivity contribution in [1.82, 2.24) is 9.21 Å². The van der Waals surface area contributed by atoms with E-state index in [0.717, 1.165) is 18.4 Å². The zero-order chi connectivity index (χ0) is 16.9. The van der Waals surface area contributed by atoms with Gasteiger partial charge >= 0.3 is 0 Å². The highest BCUT2D eigenvalue weighted by atomic mass is 32.2. The summed E-state index contributed by atoms with van der Waals surface area (Å²) in [5, 5.41) is 0. The average molecular weight is 336 g/mol. The van der Waals surface area contributed by atoms with Crippen molar-refractivity contribution >= 4 is 15.9 Å². The predicted molar refractivity (Wildman–Crippen MR) is 90.6 cm³/mol. The summed E-state index contributed by atoms with van der Waals surface area (Å²) in [5.41, 5.74) is 1.15. The van der Waals surface area contributed by atoms with E-state index in [2.05, 4.69) is 6.92 Å². The van der Waals surface area contributed by atoms with Crippen LogP contribution in [0.1, 0.15) is 25.8 Å². The standard InChI is InChI=1S/C17H24N2O3S/c1-3-5-15-7-9-16(10-8-15)23(21,22)19-13-11-18(12-14-19)17(20)6-4-2/h4,6-10H,3,5,11-14H2,1-2H3/b6-4+. The summed E-state index contributed by atoms with van der Waals surface area (Å²) in [4.78, 5) is 13.8. The van der Waals surface area contributed by atoms with Crippen molar-refractivity contribution in [2.45, 2.75) is 31.6 Å². The molecule has 0 aromatic heterocycles. The molecule has 0 radical (unpaired) electrons. The molecule has 1 heterocycles. The van der Waals surface area contributed by atoms with Crippen molar-refractivity contribution < 1.29 is 13.2 Å². The molecule has 1 fully saturated rings. The second-order valence-corrected chi connectivity index (χ2v) is 7.56. The van der Waals surface area contributed by atoms with Gasteiger partial charge in [0.25, 0.3) is 0 Å². The van der Waals surface area contributed by atoms with Gasteiger partial charge in [-0.05, 0) is 37.1 Å². The first kappa shape index (κ1) is 17.7. The Kier molecular flexibility index (Phi) is 5.96. The van der Waals surface area contributed by atoms with Gasteiger partial charge in [-0.3, -0.25) is 4.79 Å². The van der Waals surface area contributed by atoms with Crippen LogP contribution in [0.15, 0.2) is 41.3 Å². The molecule has 0 atom stereocenters. The molecule has 1 amide bonds. The lowest BCUT2D eigenvalue weighted by Gasteiger charge is -2.33. The van der Waals surface area contributed by atoms with Gasteiger partial charge in [0.05, 0.1) is 4.90 Å². The highest BCUT2D eigenvalue weighted by molar-refractivity contribution is 7.89. The number of allylic oxidation sites excluding steroid dienone is 1. The van der Waals surface area contributed by atoms with Crippen LogP contribution in [-0.2, 0) is 21.2 Å². The van der Waals surface area contributed by atoms with Crippen LogP contribution in [0.3, 0.4) is 0 Å². The number of hydrogen-bond acceptors (Lipinski definition) is 3. The molecule has 0 bridgehead atoms. The van der Waals surface area contributed by atoms with E-state index in [1.165, 1.54) is 10.4 Å². The van der Waals surface area contributed by atoms with Gasteiger partial charge in [-0.25, -0.2) is 8.42 Å². The summed E-state index contributed by atoms with van der Waals surface area (Å²) < 4.78 is 26.8. The van der Waals surface area contributed by atoms with E-state index in [1.54, 1.807) is 30.0 Å². The molecule has 126 valence electrons. The Balaban J connectivity index is 2.05. The third kappa shape index (κ3) is 4.20. The number of carbonyl (C=O) groups is 1. The zero-order valence-corrected chi connectivity index (χ0v) is 14.6. The lowest BCUT2D eigenvalue weighted by Crippen LogP contribution is -2.50. The van der Waals surface area contributed by atoms with Crippen LogP contribution in [0.5, 0.6) is 0 Å². The number of aryl methyl sites for hydroxylation is 1. The smallest absolute Gasteiger partial charge is 0.246 e. The number of amides is 1. The van der Waals surface area contributed by atoms with E-state index in [-0.39, 0.29) is 5.91 Å². The number of rotatable bonds is 5. The van der Waals surface area contributed by atoms with Crippen molar-refractivity contribution in [1.29, 1.82) is 0 Å². The summed E-state index contributed by atoms with van der Waals surface area (Å²) in [6, 6.07) is 7.11. The van der Waals surface area contributed by atoms with Crippen LogP contribution < -0.4 is 0 Å². The molecule has 0 spiro atoms.